The van der Waals surface area contributed by atoms with Gasteiger partial charge in [0.1, 0.15) is 9.71 Å². The average molecular weight is 394 g/mol. The van der Waals surface area contributed by atoms with Crippen molar-refractivity contribution >= 4 is 27.5 Å². The molecule has 0 aliphatic heterocycles. The summed E-state index contributed by atoms with van der Waals surface area (Å²) >= 11 is 1.34. The highest BCUT2D eigenvalue weighted by molar-refractivity contribution is 7.20. The fraction of sp³-hybridized carbons (Fsp3) is 0.143. The Kier molecular flexibility index (Phi) is 4.75. The van der Waals surface area contributed by atoms with E-state index in [1.807, 2.05) is 48.0 Å². The molecule has 142 valence electrons. The van der Waals surface area contributed by atoms with Gasteiger partial charge in [0.25, 0.3) is 0 Å². The molecule has 0 radical (unpaired) electrons. The van der Waals surface area contributed by atoms with E-state index in [1.165, 1.54) is 25.6 Å². The molecule has 0 aliphatic carbocycles. The summed E-state index contributed by atoms with van der Waals surface area (Å²) < 4.78 is 18.1. The number of thiophene rings is 1. The standard InChI is InChI=1S/C21H18N2O4S/c1-13-15-12-18(28-20(15)23(22-13)14-8-5-4-6-9-14)21(24)27-19-16(25-2)10-7-11-17(19)26-3/h4-12H,1-3H3. The average Bonchev–Trinajstić information content (AvgIpc) is 3.29. The van der Waals surface area contributed by atoms with E-state index >= 15 is 0 Å². The summed E-state index contributed by atoms with van der Waals surface area (Å²) in [5, 5.41) is 5.52. The minimum absolute atomic E-state index is 0.261. The number of nitrogens with zero attached hydrogens (tertiary/aromatic N) is 2. The zero-order valence-electron chi connectivity index (χ0n) is 15.6. The highest BCUT2D eigenvalue weighted by atomic mass is 32.1. The predicted molar refractivity (Wildman–Crippen MR) is 108 cm³/mol. The molecule has 4 rings (SSSR count). The number of esters is 1. The summed E-state index contributed by atoms with van der Waals surface area (Å²) in [5.41, 5.74) is 1.79. The van der Waals surface area contributed by atoms with Gasteiger partial charge in [0, 0.05) is 5.39 Å². The lowest BCUT2D eigenvalue weighted by Crippen LogP contribution is -2.08. The Morgan fingerprint density at radius 2 is 1.68 bits per heavy atom. The fourth-order valence-corrected chi connectivity index (χ4v) is 4.01. The van der Waals surface area contributed by atoms with Crippen molar-refractivity contribution in [2.24, 2.45) is 0 Å². The van der Waals surface area contributed by atoms with E-state index < -0.39 is 5.97 Å². The molecule has 0 amide bonds. The van der Waals surface area contributed by atoms with Crippen molar-refractivity contribution in [3.63, 3.8) is 0 Å². The minimum atomic E-state index is -0.469. The first kappa shape index (κ1) is 18.1. The van der Waals surface area contributed by atoms with E-state index in [9.17, 15) is 4.79 Å². The Bertz CT molecular complexity index is 1130. The van der Waals surface area contributed by atoms with Gasteiger partial charge in [-0.2, -0.15) is 5.10 Å². The van der Waals surface area contributed by atoms with Gasteiger partial charge < -0.3 is 14.2 Å². The van der Waals surface area contributed by atoms with Crippen LogP contribution in [0.4, 0.5) is 0 Å². The van der Waals surface area contributed by atoms with Gasteiger partial charge in [-0.15, -0.1) is 11.3 Å². The monoisotopic (exact) mass is 394 g/mol. The van der Waals surface area contributed by atoms with E-state index in [1.54, 1.807) is 18.2 Å². The van der Waals surface area contributed by atoms with Gasteiger partial charge in [-0.1, -0.05) is 24.3 Å². The molecule has 2 heterocycles. The van der Waals surface area contributed by atoms with Crippen LogP contribution in [0.25, 0.3) is 15.9 Å². The van der Waals surface area contributed by atoms with Gasteiger partial charge in [0.15, 0.2) is 11.5 Å². The Hall–Kier alpha value is -3.32. The number of aromatic nitrogens is 2. The van der Waals surface area contributed by atoms with Crippen molar-refractivity contribution in [3.8, 4) is 22.9 Å². The lowest BCUT2D eigenvalue weighted by molar-refractivity contribution is 0.0729. The number of benzene rings is 2. The number of hydrogen-bond donors (Lipinski definition) is 0. The van der Waals surface area contributed by atoms with Crippen molar-refractivity contribution in [1.29, 1.82) is 0 Å². The number of carbonyl (C=O) groups excluding carboxylic acids is 1. The third-order valence-electron chi connectivity index (χ3n) is 4.32. The molecule has 0 bridgehead atoms. The summed E-state index contributed by atoms with van der Waals surface area (Å²) in [6.45, 7) is 1.92. The first-order valence-electron chi connectivity index (χ1n) is 8.60. The van der Waals surface area contributed by atoms with Crippen molar-refractivity contribution in [2.45, 2.75) is 6.92 Å². The van der Waals surface area contributed by atoms with Gasteiger partial charge in [-0.3, -0.25) is 0 Å². The van der Waals surface area contributed by atoms with Crippen molar-refractivity contribution in [1.82, 2.24) is 9.78 Å². The molecule has 0 spiro atoms. The molecule has 2 aromatic carbocycles. The van der Waals surface area contributed by atoms with Crippen LogP contribution in [-0.4, -0.2) is 30.0 Å². The maximum Gasteiger partial charge on any atom is 0.354 e. The molecular weight excluding hydrogens is 376 g/mol. The number of methoxy groups -OCH3 is 2. The number of aryl methyl sites for hydroxylation is 1. The first-order valence-corrected chi connectivity index (χ1v) is 9.41. The van der Waals surface area contributed by atoms with Crippen LogP contribution in [0.1, 0.15) is 15.4 Å². The largest absolute Gasteiger partial charge is 0.493 e. The Labute approximate surface area is 165 Å². The highest BCUT2D eigenvalue weighted by Crippen LogP contribution is 2.38. The second-order valence-electron chi connectivity index (χ2n) is 6.04. The van der Waals surface area contributed by atoms with E-state index in [0.717, 1.165) is 21.6 Å². The second-order valence-corrected chi connectivity index (χ2v) is 7.07. The molecule has 0 aliphatic rings. The van der Waals surface area contributed by atoms with Crippen LogP contribution in [-0.2, 0) is 0 Å². The van der Waals surface area contributed by atoms with Gasteiger partial charge in [-0.05, 0) is 37.3 Å². The molecule has 0 fully saturated rings. The molecule has 0 saturated carbocycles. The Morgan fingerprint density at radius 3 is 2.32 bits per heavy atom. The summed E-state index contributed by atoms with van der Waals surface area (Å²) in [5.74, 6) is 0.653. The van der Waals surface area contributed by atoms with E-state index in [0.29, 0.717) is 16.4 Å². The zero-order valence-corrected chi connectivity index (χ0v) is 16.4. The molecule has 28 heavy (non-hydrogen) atoms. The topological polar surface area (TPSA) is 62.6 Å². The van der Waals surface area contributed by atoms with Crippen LogP contribution < -0.4 is 14.2 Å². The summed E-state index contributed by atoms with van der Waals surface area (Å²) in [7, 11) is 3.03. The number of fused-ring (bicyclic) bond motifs is 1. The third-order valence-corrected chi connectivity index (χ3v) is 5.41. The molecular formula is C21H18N2O4S. The third kappa shape index (κ3) is 3.10. The first-order chi connectivity index (χ1) is 13.6. The second kappa shape index (κ2) is 7.36. The maximum absolute atomic E-state index is 12.8. The fourth-order valence-electron chi connectivity index (χ4n) is 2.95. The SMILES string of the molecule is COc1cccc(OC)c1OC(=O)c1cc2c(C)nn(-c3ccccc3)c2s1. The van der Waals surface area contributed by atoms with Crippen molar-refractivity contribution < 1.29 is 19.0 Å². The van der Waals surface area contributed by atoms with Crippen LogP contribution in [0.2, 0.25) is 0 Å². The van der Waals surface area contributed by atoms with Gasteiger partial charge in [0.2, 0.25) is 5.75 Å². The van der Waals surface area contributed by atoms with Crippen molar-refractivity contribution in [3.05, 3.63) is 65.2 Å². The molecule has 0 saturated heterocycles. The normalized spacial score (nSPS) is 10.8. The zero-order chi connectivity index (χ0) is 19.7. The maximum atomic E-state index is 12.8. The van der Waals surface area contributed by atoms with Crippen LogP contribution in [0.15, 0.2) is 54.6 Å². The molecule has 7 heteroatoms. The number of rotatable bonds is 5. The molecule has 4 aromatic rings. The van der Waals surface area contributed by atoms with E-state index in [-0.39, 0.29) is 5.75 Å². The lowest BCUT2D eigenvalue weighted by Gasteiger charge is -2.12. The number of carbonyl (C=O) groups is 1. The summed E-state index contributed by atoms with van der Waals surface area (Å²) in [6.07, 6.45) is 0. The Balaban J connectivity index is 1.72. The number of ether oxygens (including phenoxy) is 3. The number of hydrogen-bond acceptors (Lipinski definition) is 6. The van der Waals surface area contributed by atoms with Gasteiger partial charge in [0.05, 0.1) is 25.6 Å². The lowest BCUT2D eigenvalue weighted by atomic mass is 10.3. The van der Waals surface area contributed by atoms with Gasteiger partial charge in [-0.25, -0.2) is 9.48 Å². The van der Waals surface area contributed by atoms with E-state index in [4.69, 9.17) is 14.2 Å². The quantitative estimate of drug-likeness (QED) is 0.365. The molecule has 0 unspecified atom stereocenters. The smallest absolute Gasteiger partial charge is 0.354 e. The van der Waals surface area contributed by atoms with E-state index in [2.05, 4.69) is 5.10 Å². The van der Waals surface area contributed by atoms with Crippen LogP contribution >= 0.6 is 11.3 Å². The molecule has 0 N–H and O–H groups in total. The van der Waals surface area contributed by atoms with Crippen LogP contribution in [0.5, 0.6) is 17.2 Å². The molecule has 0 atom stereocenters. The summed E-state index contributed by atoms with van der Waals surface area (Å²) in [4.78, 5) is 14.2. The predicted octanol–water partition coefficient (Wildman–Crippen LogP) is 4.63. The van der Waals surface area contributed by atoms with Crippen molar-refractivity contribution in [2.75, 3.05) is 14.2 Å². The highest BCUT2D eigenvalue weighted by Gasteiger charge is 2.21. The molecule has 2 aromatic heterocycles. The summed E-state index contributed by atoms with van der Waals surface area (Å²) in [6, 6.07) is 16.8. The molecule has 6 nitrogen and oxygen atoms in total. The van der Waals surface area contributed by atoms with Crippen LogP contribution in [0, 0.1) is 6.92 Å². The Morgan fingerprint density at radius 1 is 1.00 bits per heavy atom. The van der Waals surface area contributed by atoms with Crippen LogP contribution in [0.3, 0.4) is 0 Å². The minimum Gasteiger partial charge on any atom is -0.493 e. The van der Waals surface area contributed by atoms with Gasteiger partial charge >= 0.3 is 5.97 Å². The number of para-hydroxylation sites is 2.